The topological polar surface area (TPSA) is 172 Å². The minimum Gasteiger partial charge on any atom is -0.324 e. The second-order valence-electron chi connectivity index (χ2n) is 9.23. The van der Waals surface area contributed by atoms with Crippen molar-refractivity contribution in [1.82, 2.24) is 34.9 Å². The quantitative estimate of drug-likeness (QED) is 0.121. The Bertz CT molecular complexity index is 2130. The summed E-state index contributed by atoms with van der Waals surface area (Å²) >= 11 is 9.19. The monoisotopic (exact) mass is 580 g/mol. The van der Waals surface area contributed by atoms with E-state index < -0.39 is 0 Å². The van der Waals surface area contributed by atoms with E-state index in [9.17, 15) is 9.59 Å². The van der Waals surface area contributed by atoms with Crippen LogP contribution in [-0.2, 0) is 0 Å². The predicted molar refractivity (Wildman–Crippen MR) is 166 cm³/mol. The Morgan fingerprint density at radius 2 is 1.10 bits per heavy atom. The van der Waals surface area contributed by atoms with Crippen molar-refractivity contribution in [3.05, 3.63) is 87.7 Å². The summed E-state index contributed by atoms with van der Waals surface area (Å²) in [6.07, 6.45) is 0. The Kier molecular flexibility index (Phi) is 5.91. The molecule has 0 saturated carbocycles. The van der Waals surface area contributed by atoms with E-state index in [2.05, 4.69) is 63.5 Å². The van der Waals surface area contributed by atoms with Crippen LogP contribution in [0.25, 0.3) is 32.8 Å². The van der Waals surface area contributed by atoms with Crippen molar-refractivity contribution in [3.63, 3.8) is 0 Å². The molecular formula is C27H20N10O2S2. The number of aromatic nitrogens is 7. The zero-order valence-electron chi connectivity index (χ0n) is 20.9. The molecule has 3 heterocycles. The molecule has 0 fully saturated rings. The molecule has 0 atom stereocenters. The molecule has 0 aliphatic carbocycles. The number of nitrogens with zero attached hydrogens (tertiary/aromatic N) is 3. The second-order valence-corrected chi connectivity index (χ2v) is 10.2. The van der Waals surface area contributed by atoms with Crippen LogP contribution in [-0.4, -0.2) is 34.9 Å². The van der Waals surface area contributed by atoms with Crippen molar-refractivity contribution in [2.24, 2.45) is 0 Å². The Labute approximate surface area is 240 Å². The standard InChI is InChI=1S/C27H20N10O2S2/c38-26-31-17-7-2-13(10-20(17)33-26)28-23-35-24(29-14-3-8-18-21(11-14)34-27(39)32-18)37-25(36-23)30-19-6-1-12-9-15(40)4-5-16(12)22(19)41/h1-11,40-41H,(H2,31,33,38)(H2,32,34,39)(H3,28,29,30,35,36,37). The zero-order valence-corrected chi connectivity index (χ0v) is 22.7. The van der Waals surface area contributed by atoms with Crippen LogP contribution in [0, 0.1) is 0 Å². The second kappa shape index (κ2) is 9.76. The number of anilines is 6. The minimum atomic E-state index is -0.292. The molecule has 0 aliphatic heterocycles. The van der Waals surface area contributed by atoms with Gasteiger partial charge in [-0.05, 0) is 65.4 Å². The van der Waals surface area contributed by atoms with Gasteiger partial charge in [-0.15, -0.1) is 25.3 Å². The van der Waals surface area contributed by atoms with Crippen molar-refractivity contribution in [2.45, 2.75) is 9.79 Å². The van der Waals surface area contributed by atoms with Crippen molar-refractivity contribution in [1.29, 1.82) is 0 Å². The molecule has 0 amide bonds. The summed E-state index contributed by atoms with van der Waals surface area (Å²) in [6.45, 7) is 0. The van der Waals surface area contributed by atoms with Crippen LogP contribution < -0.4 is 27.3 Å². The number of rotatable bonds is 6. The molecule has 0 aliphatic rings. The smallest absolute Gasteiger partial charge is 0.323 e. The van der Waals surface area contributed by atoms with Crippen LogP contribution >= 0.6 is 25.3 Å². The van der Waals surface area contributed by atoms with Gasteiger partial charge in [-0.2, -0.15) is 15.0 Å². The normalized spacial score (nSPS) is 11.4. The molecule has 12 nitrogen and oxygen atoms in total. The van der Waals surface area contributed by atoms with Gasteiger partial charge in [0.2, 0.25) is 17.8 Å². The van der Waals surface area contributed by atoms with Gasteiger partial charge in [-0.3, -0.25) is 0 Å². The third-order valence-electron chi connectivity index (χ3n) is 6.40. The van der Waals surface area contributed by atoms with E-state index in [0.29, 0.717) is 39.1 Å². The molecule has 7 N–H and O–H groups in total. The molecule has 0 radical (unpaired) electrons. The summed E-state index contributed by atoms with van der Waals surface area (Å²) in [5.41, 5.74) is 4.08. The maximum absolute atomic E-state index is 11.7. The fraction of sp³-hybridized carbons (Fsp3) is 0. The molecule has 7 aromatic rings. The number of thiol groups is 2. The Morgan fingerprint density at radius 3 is 1.68 bits per heavy atom. The van der Waals surface area contributed by atoms with Crippen molar-refractivity contribution < 1.29 is 0 Å². The first kappa shape index (κ1) is 24.8. The zero-order chi connectivity index (χ0) is 28.1. The van der Waals surface area contributed by atoms with Crippen LogP contribution in [0.15, 0.2) is 86.1 Å². The van der Waals surface area contributed by atoms with Crippen LogP contribution in [0.3, 0.4) is 0 Å². The lowest BCUT2D eigenvalue weighted by Gasteiger charge is -2.14. The summed E-state index contributed by atoms with van der Waals surface area (Å²) in [5, 5.41) is 11.6. The number of H-pyrrole nitrogens is 4. The molecule has 3 aromatic heterocycles. The summed E-state index contributed by atoms with van der Waals surface area (Å²) in [4.78, 5) is 49.6. The van der Waals surface area contributed by atoms with E-state index >= 15 is 0 Å². The summed E-state index contributed by atoms with van der Waals surface area (Å²) in [7, 11) is 0. The largest absolute Gasteiger partial charge is 0.324 e. The Balaban J connectivity index is 1.27. The number of imidazole rings is 2. The third-order valence-corrected chi connectivity index (χ3v) is 7.16. The molecule has 7 rings (SSSR count). The average Bonchev–Trinajstić information content (AvgIpc) is 3.49. The van der Waals surface area contributed by atoms with E-state index in [1.165, 1.54) is 0 Å². The molecule has 0 spiro atoms. The first-order chi connectivity index (χ1) is 19.9. The van der Waals surface area contributed by atoms with Gasteiger partial charge in [0, 0.05) is 21.2 Å². The van der Waals surface area contributed by atoms with Gasteiger partial charge < -0.3 is 35.9 Å². The summed E-state index contributed by atoms with van der Waals surface area (Å²) in [6, 6.07) is 20.4. The van der Waals surface area contributed by atoms with Crippen molar-refractivity contribution >= 4 is 93.0 Å². The number of fused-ring (bicyclic) bond motifs is 3. The van der Waals surface area contributed by atoms with E-state index in [-0.39, 0.29) is 29.2 Å². The van der Waals surface area contributed by atoms with E-state index in [1.54, 1.807) is 36.4 Å². The highest BCUT2D eigenvalue weighted by molar-refractivity contribution is 7.80. The van der Waals surface area contributed by atoms with Crippen LogP contribution in [0.1, 0.15) is 0 Å². The molecule has 202 valence electrons. The van der Waals surface area contributed by atoms with E-state index in [4.69, 9.17) is 12.6 Å². The molecular weight excluding hydrogens is 560 g/mol. The van der Waals surface area contributed by atoms with Gasteiger partial charge in [0.1, 0.15) is 0 Å². The number of hydrogen-bond donors (Lipinski definition) is 9. The van der Waals surface area contributed by atoms with Crippen LogP contribution in [0.5, 0.6) is 0 Å². The highest BCUT2D eigenvalue weighted by Gasteiger charge is 2.12. The summed E-state index contributed by atoms with van der Waals surface area (Å²) < 4.78 is 0. The van der Waals surface area contributed by atoms with Crippen LogP contribution in [0.4, 0.5) is 34.9 Å². The molecule has 14 heteroatoms. The van der Waals surface area contributed by atoms with Gasteiger partial charge in [-0.25, -0.2) is 9.59 Å². The van der Waals surface area contributed by atoms with Gasteiger partial charge in [-0.1, -0.05) is 12.1 Å². The minimum absolute atomic E-state index is 0.250. The number of hydrogen-bond acceptors (Lipinski definition) is 10. The predicted octanol–water partition coefficient (Wildman–Crippen LogP) is 5.17. The van der Waals surface area contributed by atoms with Crippen molar-refractivity contribution in [3.8, 4) is 0 Å². The van der Waals surface area contributed by atoms with E-state index in [1.807, 2.05) is 30.3 Å². The first-order valence-electron chi connectivity index (χ1n) is 12.3. The Morgan fingerprint density at radius 1 is 0.561 bits per heavy atom. The SMILES string of the molecule is O=c1[nH]c2ccc(Nc3nc(Nc4ccc5[nH]c(=O)[nH]c5c4)nc(Nc4ccc5cc(S)ccc5c4S)n3)cc2[nH]1. The van der Waals surface area contributed by atoms with Gasteiger partial charge in [0.25, 0.3) is 0 Å². The number of benzene rings is 4. The maximum atomic E-state index is 11.7. The van der Waals surface area contributed by atoms with Gasteiger partial charge in [0.15, 0.2) is 0 Å². The average molecular weight is 581 g/mol. The lowest BCUT2D eigenvalue weighted by molar-refractivity contribution is 1.06. The molecule has 0 saturated heterocycles. The van der Waals surface area contributed by atoms with E-state index in [0.717, 1.165) is 20.6 Å². The molecule has 0 bridgehead atoms. The Hall–Kier alpha value is -5.21. The summed E-state index contributed by atoms with van der Waals surface area (Å²) in [5.74, 6) is 0.761. The molecule has 41 heavy (non-hydrogen) atoms. The molecule has 4 aromatic carbocycles. The fourth-order valence-corrected chi connectivity index (χ4v) is 5.09. The number of aromatic amines is 4. The lowest BCUT2D eigenvalue weighted by Crippen LogP contribution is -2.07. The maximum Gasteiger partial charge on any atom is 0.323 e. The fourth-order valence-electron chi connectivity index (χ4n) is 4.54. The highest BCUT2D eigenvalue weighted by Crippen LogP contribution is 2.32. The highest BCUT2D eigenvalue weighted by atomic mass is 32.1. The van der Waals surface area contributed by atoms with Crippen LogP contribution in [0.2, 0.25) is 0 Å². The van der Waals surface area contributed by atoms with Crippen molar-refractivity contribution in [2.75, 3.05) is 16.0 Å². The number of nitrogens with one attached hydrogen (secondary N) is 7. The first-order valence-corrected chi connectivity index (χ1v) is 13.2. The van der Waals surface area contributed by atoms with Gasteiger partial charge in [0.05, 0.1) is 27.8 Å². The lowest BCUT2D eigenvalue weighted by atomic mass is 10.1. The third kappa shape index (κ3) is 4.97. The molecule has 0 unspecified atom stereocenters. The van der Waals surface area contributed by atoms with Gasteiger partial charge >= 0.3 is 11.4 Å².